The first-order valence-electron chi connectivity index (χ1n) is 5.36. The standard InChI is InChI=1S/C14H13N3/c1-10-5-2-3-7-12(10)14-11(9-17-16)6-4-8-13(14)15/h2-9H,15H2,1H3. The summed E-state index contributed by atoms with van der Waals surface area (Å²) in [5, 5.41) is 0. The van der Waals surface area contributed by atoms with Gasteiger partial charge in [-0.3, -0.25) is 0 Å². The molecule has 0 fully saturated rings. The molecule has 0 aromatic heterocycles. The molecule has 0 aliphatic heterocycles. The summed E-state index contributed by atoms with van der Waals surface area (Å²) in [5.74, 6) is 0. The lowest BCUT2D eigenvalue weighted by molar-refractivity contribution is 0.00461. The highest BCUT2D eigenvalue weighted by molar-refractivity contribution is 5.94. The normalized spacial score (nSPS) is 9.71. The lowest BCUT2D eigenvalue weighted by Crippen LogP contribution is -1.97. The van der Waals surface area contributed by atoms with Crippen molar-refractivity contribution in [1.29, 1.82) is 0 Å². The molecule has 0 saturated carbocycles. The van der Waals surface area contributed by atoms with Crippen LogP contribution in [0, 0.1) is 6.92 Å². The molecule has 0 atom stereocenters. The largest absolute Gasteiger partial charge is 0.398 e. The number of nitrogens with zero attached hydrogens (tertiary/aromatic N) is 2. The number of hydrogen-bond acceptors (Lipinski definition) is 1. The van der Waals surface area contributed by atoms with Gasteiger partial charge in [-0.05, 0) is 30.2 Å². The summed E-state index contributed by atoms with van der Waals surface area (Å²) in [6.45, 7) is 2.03. The molecule has 0 saturated heterocycles. The molecule has 0 aliphatic carbocycles. The first-order chi connectivity index (χ1) is 8.24. The second-order valence-electron chi connectivity index (χ2n) is 3.87. The van der Waals surface area contributed by atoms with Gasteiger partial charge in [0.25, 0.3) is 6.21 Å². The first kappa shape index (κ1) is 11.1. The Morgan fingerprint density at radius 2 is 1.88 bits per heavy atom. The fraction of sp³-hybridized carbons (Fsp3) is 0.0714. The fourth-order valence-electron chi connectivity index (χ4n) is 1.92. The Morgan fingerprint density at radius 1 is 1.12 bits per heavy atom. The monoisotopic (exact) mass is 223 g/mol. The van der Waals surface area contributed by atoms with E-state index in [1.54, 1.807) is 0 Å². The highest BCUT2D eigenvalue weighted by Crippen LogP contribution is 2.30. The van der Waals surface area contributed by atoms with Crippen molar-refractivity contribution in [1.82, 2.24) is 0 Å². The summed E-state index contributed by atoms with van der Waals surface area (Å²) in [4.78, 5) is 3.08. The Labute approximate surface area is 100 Å². The molecule has 3 nitrogen and oxygen atoms in total. The van der Waals surface area contributed by atoms with Crippen LogP contribution in [0.1, 0.15) is 11.1 Å². The summed E-state index contributed by atoms with van der Waals surface area (Å²) in [5.41, 5.74) is 19.3. The van der Waals surface area contributed by atoms with Crippen LogP contribution in [0.2, 0.25) is 0 Å². The van der Waals surface area contributed by atoms with Crippen molar-refractivity contribution in [3.8, 4) is 11.1 Å². The van der Waals surface area contributed by atoms with Crippen LogP contribution in [0.3, 0.4) is 0 Å². The summed E-state index contributed by atoms with van der Waals surface area (Å²) in [7, 11) is 0. The van der Waals surface area contributed by atoms with E-state index >= 15 is 0 Å². The minimum Gasteiger partial charge on any atom is -0.398 e. The molecule has 0 radical (unpaired) electrons. The summed E-state index contributed by atoms with van der Waals surface area (Å²) in [6.07, 6.45) is 1.40. The third kappa shape index (κ3) is 2.10. The number of hydrogen-bond donors (Lipinski definition) is 1. The average molecular weight is 223 g/mol. The van der Waals surface area contributed by atoms with Crippen molar-refractivity contribution in [3.63, 3.8) is 0 Å². The van der Waals surface area contributed by atoms with E-state index in [2.05, 4.69) is 4.79 Å². The van der Waals surface area contributed by atoms with E-state index in [1.165, 1.54) is 6.21 Å². The lowest BCUT2D eigenvalue weighted by Gasteiger charge is -2.10. The maximum absolute atomic E-state index is 8.68. The molecule has 17 heavy (non-hydrogen) atoms. The smallest absolute Gasteiger partial charge is 0.288 e. The van der Waals surface area contributed by atoms with Crippen molar-refractivity contribution in [3.05, 3.63) is 59.1 Å². The Balaban J connectivity index is 2.74. The predicted molar refractivity (Wildman–Crippen MR) is 69.8 cm³/mol. The van der Waals surface area contributed by atoms with E-state index in [9.17, 15) is 0 Å². The van der Waals surface area contributed by atoms with Gasteiger partial charge in [-0.1, -0.05) is 30.3 Å². The maximum Gasteiger partial charge on any atom is 0.288 e. The van der Waals surface area contributed by atoms with Gasteiger partial charge in [0.15, 0.2) is 0 Å². The van der Waals surface area contributed by atoms with Gasteiger partial charge in [-0.15, -0.1) is 0 Å². The van der Waals surface area contributed by atoms with Crippen molar-refractivity contribution in [2.45, 2.75) is 6.92 Å². The second-order valence-corrected chi connectivity index (χ2v) is 3.87. The van der Waals surface area contributed by atoms with Crippen LogP contribution >= 0.6 is 0 Å². The Kier molecular flexibility index (Phi) is 3.03. The van der Waals surface area contributed by atoms with Gasteiger partial charge in [0, 0.05) is 11.3 Å². The molecule has 0 heterocycles. The summed E-state index contributed by atoms with van der Waals surface area (Å²) < 4.78 is 0. The maximum atomic E-state index is 8.68. The first-order valence-corrected chi connectivity index (χ1v) is 5.36. The van der Waals surface area contributed by atoms with Crippen LogP contribution in [0.15, 0.2) is 42.5 Å². The van der Waals surface area contributed by atoms with E-state index < -0.39 is 0 Å². The number of benzene rings is 2. The molecule has 2 aromatic rings. The number of anilines is 1. The van der Waals surface area contributed by atoms with Gasteiger partial charge in [0.1, 0.15) is 0 Å². The van der Waals surface area contributed by atoms with Gasteiger partial charge >= 0.3 is 0 Å². The molecule has 84 valence electrons. The molecular formula is C14H13N3. The van der Waals surface area contributed by atoms with Crippen molar-refractivity contribution in [2.75, 3.05) is 5.73 Å². The zero-order chi connectivity index (χ0) is 12.3. The molecule has 3 heteroatoms. The molecule has 0 bridgehead atoms. The molecule has 2 aromatic carbocycles. The van der Waals surface area contributed by atoms with E-state index in [0.717, 1.165) is 22.3 Å². The number of aryl methyl sites for hydroxylation is 1. The lowest BCUT2D eigenvalue weighted by atomic mass is 9.95. The van der Waals surface area contributed by atoms with Crippen LogP contribution in [0.5, 0.6) is 0 Å². The highest BCUT2D eigenvalue weighted by atomic mass is 14.8. The Morgan fingerprint density at radius 3 is 2.59 bits per heavy atom. The number of rotatable bonds is 2. The van der Waals surface area contributed by atoms with Gasteiger partial charge < -0.3 is 11.3 Å². The SMILES string of the molecule is Cc1ccccc1-c1c(N)cccc1C=[N+]=[N-]. The van der Waals surface area contributed by atoms with Crippen molar-refractivity contribution >= 4 is 11.9 Å². The molecular weight excluding hydrogens is 210 g/mol. The molecule has 0 aliphatic rings. The number of nitrogen functional groups attached to an aromatic ring is 1. The third-order valence-corrected chi connectivity index (χ3v) is 2.74. The van der Waals surface area contributed by atoms with E-state index in [1.807, 2.05) is 49.4 Å². The molecule has 2 N–H and O–H groups in total. The zero-order valence-corrected chi connectivity index (χ0v) is 9.59. The van der Waals surface area contributed by atoms with Gasteiger partial charge in [0.05, 0.1) is 5.56 Å². The third-order valence-electron chi connectivity index (χ3n) is 2.74. The Hall–Kier alpha value is -2.38. The zero-order valence-electron chi connectivity index (χ0n) is 9.59. The fourth-order valence-corrected chi connectivity index (χ4v) is 1.92. The Bertz CT molecular complexity index is 596. The molecule has 0 spiro atoms. The number of nitrogens with two attached hydrogens (primary N) is 1. The second kappa shape index (κ2) is 4.64. The summed E-state index contributed by atoms with van der Waals surface area (Å²) in [6, 6.07) is 13.5. The van der Waals surface area contributed by atoms with Crippen LogP contribution in [0.4, 0.5) is 5.69 Å². The summed E-state index contributed by atoms with van der Waals surface area (Å²) >= 11 is 0. The van der Waals surface area contributed by atoms with Crippen LogP contribution in [-0.2, 0) is 0 Å². The van der Waals surface area contributed by atoms with Crippen LogP contribution < -0.4 is 5.73 Å². The quantitative estimate of drug-likeness (QED) is 0.362. The van der Waals surface area contributed by atoms with Crippen LogP contribution in [0.25, 0.3) is 16.7 Å². The predicted octanol–water partition coefficient (Wildman–Crippen LogP) is 2.89. The van der Waals surface area contributed by atoms with E-state index in [4.69, 9.17) is 11.3 Å². The van der Waals surface area contributed by atoms with Crippen molar-refractivity contribution in [2.24, 2.45) is 0 Å². The van der Waals surface area contributed by atoms with Gasteiger partial charge in [0.2, 0.25) is 0 Å². The molecule has 0 amide bonds. The van der Waals surface area contributed by atoms with E-state index in [0.29, 0.717) is 5.69 Å². The molecule has 2 rings (SSSR count). The topological polar surface area (TPSA) is 62.4 Å². The van der Waals surface area contributed by atoms with Crippen molar-refractivity contribution < 1.29 is 4.79 Å². The highest BCUT2D eigenvalue weighted by Gasteiger charge is 2.11. The van der Waals surface area contributed by atoms with Gasteiger partial charge in [-0.2, -0.15) is 4.79 Å². The molecule has 0 unspecified atom stereocenters. The minimum atomic E-state index is 0.678. The average Bonchev–Trinajstić information content (AvgIpc) is 2.31. The van der Waals surface area contributed by atoms with E-state index in [-0.39, 0.29) is 0 Å². The minimum absolute atomic E-state index is 0.678. The van der Waals surface area contributed by atoms with Gasteiger partial charge in [-0.25, -0.2) is 0 Å². The van der Waals surface area contributed by atoms with Crippen LogP contribution in [-0.4, -0.2) is 11.0 Å².